The molecule has 0 bridgehead atoms. The Morgan fingerprint density at radius 1 is 1.08 bits per heavy atom. The van der Waals surface area contributed by atoms with Gasteiger partial charge >= 0.3 is 0 Å². The molecule has 5 heteroatoms. The molecule has 0 heterocycles. The number of rotatable bonds is 8. The molecule has 0 saturated carbocycles. The molecule has 2 aromatic rings. The topological polar surface area (TPSA) is 59.6 Å². The van der Waals surface area contributed by atoms with Crippen LogP contribution in [0.25, 0.3) is 0 Å². The lowest BCUT2D eigenvalue weighted by Crippen LogP contribution is -2.25. The van der Waals surface area contributed by atoms with Gasteiger partial charge < -0.3 is 20.1 Å². The number of methoxy groups -OCH3 is 2. The minimum Gasteiger partial charge on any atom is -0.497 e. The maximum atomic E-state index is 12.0. The van der Waals surface area contributed by atoms with Gasteiger partial charge in [-0.1, -0.05) is 24.3 Å². The van der Waals surface area contributed by atoms with Gasteiger partial charge in [-0.3, -0.25) is 4.79 Å². The normalized spacial score (nSPS) is 10.1. The standard InChI is InChI=1S/C19H24N2O3/c1-14-6-4-5-7-15(14)13-21-19(22)10-11-20-17-12-16(23-2)8-9-18(17)24-3/h4-9,12,20H,10-11,13H2,1-3H3,(H,21,22). The maximum Gasteiger partial charge on any atom is 0.222 e. The predicted octanol–water partition coefficient (Wildman–Crippen LogP) is 3.13. The SMILES string of the molecule is COc1ccc(OC)c(NCCC(=O)NCc2ccccc2C)c1. The van der Waals surface area contributed by atoms with Crippen molar-refractivity contribution in [3.63, 3.8) is 0 Å². The highest BCUT2D eigenvalue weighted by Crippen LogP contribution is 2.28. The molecule has 0 aliphatic rings. The van der Waals surface area contributed by atoms with Crippen LogP contribution in [0.2, 0.25) is 0 Å². The van der Waals surface area contributed by atoms with Crippen molar-refractivity contribution in [3.05, 3.63) is 53.6 Å². The Morgan fingerprint density at radius 2 is 1.88 bits per heavy atom. The molecule has 0 unspecified atom stereocenters. The Labute approximate surface area is 143 Å². The molecule has 2 aromatic carbocycles. The lowest BCUT2D eigenvalue weighted by atomic mass is 10.1. The number of carbonyl (C=O) groups excluding carboxylic acids is 1. The molecule has 0 atom stereocenters. The molecule has 2 N–H and O–H groups in total. The minimum absolute atomic E-state index is 0.00705. The van der Waals surface area contributed by atoms with Gasteiger partial charge in [-0.05, 0) is 30.2 Å². The summed E-state index contributed by atoms with van der Waals surface area (Å²) in [5.41, 5.74) is 3.12. The van der Waals surface area contributed by atoms with Crippen LogP contribution >= 0.6 is 0 Å². The highest BCUT2D eigenvalue weighted by Gasteiger charge is 2.06. The summed E-state index contributed by atoms with van der Waals surface area (Å²) in [6.45, 7) is 3.11. The van der Waals surface area contributed by atoms with Crippen molar-refractivity contribution < 1.29 is 14.3 Å². The fraction of sp³-hybridized carbons (Fsp3) is 0.316. The fourth-order valence-electron chi connectivity index (χ4n) is 2.35. The molecular weight excluding hydrogens is 304 g/mol. The number of benzene rings is 2. The Balaban J connectivity index is 1.81. The van der Waals surface area contributed by atoms with E-state index in [1.54, 1.807) is 14.2 Å². The zero-order valence-corrected chi connectivity index (χ0v) is 14.4. The zero-order chi connectivity index (χ0) is 17.4. The Morgan fingerprint density at radius 3 is 2.58 bits per heavy atom. The number of nitrogens with one attached hydrogen (secondary N) is 2. The van der Waals surface area contributed by atoms with Crippen LogP contribution in [0.15, 0.2) is 42.5 Å². The van der Waals surface area contributed by atoms with Crippen LogP contribution in [0.1, 0.15) is 17.5 Å². The third kappa shape index (κ3) is 4.91. The summed E-state index contributed by atoms with van der Waals surface area (Å²) in [7, 11) is 3.23. The van der Waals surface area contributed by atoms with Crippen LogP contribution in [-0.2, 0) is 11.3 Å². The fourth-order valence-corrected chi connectivity index (χ4v) is 2.35. The number of anilines is 1. The van der Waals surface area contributed by atoms with E-state index in [9.17, 15) is 4.79 Å². The van der Waals surface area contributed by atoms with Gasteiger partial charge in [0.05, 0.1) is 19.9 Å². The molecule has 24 heavy (non-hydrogen) atoms. The minimum atomic E-state index is 0.00705. The predicted molar refractivity (Wildman–Crippen MR) is 95.7 cm³/mol. The molecule has 2 rings (SSSR count). The monoisotopic (exact) mass is 328 g/mol. The number of hydrogen-bond acceptors (Lipinski definition) is 4. The number of carbonyl (C=O) groups is 1. The first-order valence-corrected chi connectivity index (χ1v) is 7.91. The molecule has 0 radical (unpaired) electrons. The van der Waals surface area contributed by atoms with Crippen molar-refractivity contribution in [2.75, 3.05) is 26.1 Å². The molecule has 0 aliphatic heterocycles. The molecule has 1 amide bonds. The lowest BCUT2D eigenvalue weighted by Gasteiger charge is -2.13. The largest absolute Gasteiger partial charge is 0.497 e. The second kappa shape index (κ2) is 8.82. The van der Waals surface area contributed by atoms with Gasteiger partial charge in [-0.15, -0.1) is 0 Å². The number of ether oxygens (including phenoxy) is 2. The van der Waals surface area contributed by atoms with E-state index in [2.05, 4.69) is 10.6 Å². The van der Waals surface area contributed by atoms with Gasteiger partial charge in [-0.25, -0.2) is 0 Å². The number of amides is 1. The summed E-state index contributed by atoms with van der Waals surface area (Å²) in [5, 5.41) is 6.16. The van der Waals surface area contributed by atoms with Crippen LogP contribution in [0.3, 0.4) is 0 Å². The summed E-state index contributed by atoms with van der Waals surface area (Å²) in [5.74, 6) is 1.46. The summed E-state index contributed by atoms with van der Waals surface area (Å²) in [6.07, 6.45) is 0.381. The molecule has 0 spiro atoms. The second-order valence-electron chi connectivity index (χ2n) is 5.45. The van der Waals surface area contributed by atoms with Gasteiger partial charge in [0.2, 0.25) is 5.91 Å². The molecule has 0 saturated heterocycles. The van der Waals surface area contributed by atoms with Crippen LogP contribution in [-0.4, -0.2) is 26.7 Å². The van der Waals surface area contributed by atoms with Crippen molar-refractivity contribution >= 4 is 11.6 Å². The molecule has 0 aromatic heterocycles. The zero-order valence-electron chi connectivity index (χ0n) is 14.4. The number of hydrogen-bond donors (Lipinski definition) is 2. The van der Waals surface area contributed by atoms with E-state index in [1.807, 2.05) is 49.4 Å². The van der Waals surface area contributed by atoms with Gasteiger partial charge in [0.15, 0.2) is 0 Å². The first-order valence-electron chi connectivity index (χ1n) is 7.91. The first-order chi connectivity index (χ1) is 11.6. The molecule has 0 aliphatic carbocycles. The maximum absolute atomic E-state index is 12.0. The number of aryl methyl sites for hydroxylation is 1. The molecular formula is C19H24N2O3. The lowest BCUT2D eigenvalue weighted by molar-refractivity contribution is -0.121. The van der Waals surface area contributed by atoms with E-state index in [0.29, 0.717) is 19.5 Å². The van der Waals surface area contributed by atoms with Crippen LogP contribution in [0, 0.1) is 6.92 Å². The van der Waals surface area contributed by atoms with Crippen molar-refractivity contribution in [1.29, 1.82) is 0 Å². The van der Waals surface area contributed by atoms with Crippen LogP contribution in [0.4, 0.5) is 5.69 Å². The van der Waals surface area contributed by atoms with Crippen molar-refractivity contribution in [2.45, 2.75) is 19.9 Å². The van der Waals surface area contributed by atoms with Crippen LogP contribution < -0.4 is 20.1 Å². The third-order valence-electron chi connectivity index (χ3n) is 3.81. The first kappa shape index (κ1) is 17.7. The van der Waals surface area contributed by atoms with Crippen molar-refractivity contribution in [3.8, 4) is 11.5 Å². The van der Waals surface area contributed by atoms with Crippen molar-refractivity contribution in [1.82, 2.24) is 5.32 Å². The Hall–Kier alpha value is -2.69. The van der Waals surface area contributed by atoms with Gasteiger partial charge in [0.1, 0.15) is 11.5 Å². The average molecular weight is 328 g/mol. The summed E-state index contributed by atoms with van der Waals surface area (Å²) < 4.78 is 10.5. The highest BCUT2D eigenvalue weighted by atomic mass is 16.5. The van der Waals surface area contributed by atoms with E-state index in [1.165, 1.54) is 5.56 Å². The van der Waals surface area contributed by atoms with E-state index in [4.69, 9.17) is 9.47 Å². The third-order valence-corrected chi connectivity index (χ3v) is 3.81. The van der Waals surface area contributed by atoms with Crippen molar-refractivity contribution in [2.24, 2.45) is 0 Å². The van der Waals surface area contributed by atoms with E-state index in [-0.39, 0.29) is 5.91 Å². The Bertz CT molecular complexity index is 686. The molecule has 0 fully saturated rings. The molecule has 128 valence electrons. The van der Waals surface area contributed by atoms with E-state index in [0.717, 1.165) is 22.7 Å². The average Bonchev–Trinajstić information content (AvgIpc) is 2.61. The van der Waals surface area contributed by atoms with Crippen LogP contribution in [0.5, 0.6) is 11.5 Å². The van der Waals surface area contributed by atoms with Gasteiger partial charge in [0, 0.05) is 25.6 Å². The molecule has 5 nitrogen and oxygen atoms in total. The van der Waals surface area contributed by atoms with Gasteiger partial charge in [0.25, 0.3) is 0 Å². The quantitative estimate of drug-likeness (QED) is 0.781. The van der Waals surface area contributed by atoms with E-state index >= 15 is 0 Å². The summed E-state index contributed by atoms with van der Waals surface area (Å²) >= 11 is 0. The smallest absolute Gasteiger partial charge is 0.222 e. The second-order valence-corrected chi connectivity index (χ2v) is 5.45. The Kier molecular flexibility index (Phi) is 6.49. The van der Waals surface area contributed by atoms with E-state index < -0.39 is 0 Å². The van der Waals surface area contributed by atoms with Gasteiger partial charge in [-0.2, -0.15) is 0 Å². The summed E-state index contributed by atoms with van der Waals surface area (Å²) in [4.78, 5) is 12.0. The highest BCUT2D eigenvalue weighted by molar-refractivity contribution is 5.76. The summed E-state index contributed by atoms with van der Waals surface area (Å²) in [6, 6.07) is 13.5.